The number of phenols is 12. The molecular formula is C112H146N8O26. The number of hydrogen-bond acceptors (Lipinski definition) is 30. The highest BCUT2D eigenvalue weighted by Crippen LogP contribution is 2.52. The van der Waals surface area contributed by atoms with Crippen molar-refractivity contribution in [2.24, 2.45) is 0 Å². The maximum Gasteiger partial charge on any atom is 0.260 e. The van der Waals surface area contributed by atoms with Crippen LogP contribution in [0.3, 0.4) is 0 Å². The maximum absolute atomic E-state index is 13.5. The van der Waals surface area contributed by atoms with Crippen LogP contribution >= 0.6 is 0 Å². The number of allylic oxidation sites excluding steroid dienone is 12. The van der Waals surface area contributed by atoms with Crippen molar-refractivity contribution < 1.29 is 132 Å². The Morgan fingerprint density at radius 1 is 0.281 bits per heavy atom. The molecule has 26 N–H and O–H groups in total. The Balaban J connectivity index is 0.000000217. The minimum absolute atomic E-state index is 0.0176. The van der Waals surface area contributed by atoms with Crippen LogP contribution in [0, 0.1) is 0 Å². The molecule has 4 aliphatic heterocycles. The normalized spacial score (nSPS) is 16.1. The van der Waals surface area contributed by atoms with Crippen molar-refractivity contribution in [3.8, 4) is 69.0 Å². The molecule has 9 unspecified atom stereocenters. The van der Waals surface area contributed by atoms with E-state index in [0.29, 0.717) is 63.5 Å². The van der Waals surface area contributed by atoms with Crippen LogP contribution in [0.4, 0.5) is 68.2 Å². The third-order valence-corrected chi connectivity index (χ3v) is 26.4. The number of nitrogens with one attached hydrogen (secondary N) is 4. The van der Waals surface area contributed by atoms with Crippen molar-refractivity contribution in [1.29, 1.82) is 0 Å². The predicted molar refractivity (Wildman–Crippen MR) is 567 cm³/mol. The Morgan fingerprint density at radius 2 is 0.527 bits per heavy atom. The second-order valence-corrected chi connectivity index (χ2v) is 40.4. The summed E-state index contributed by atoms with van der Waals surface area (Å²) in [6.45, 7) is 28.7. The van der Waals surface area contributed by atoms with E-state index >= 15 is 0 Å². The van der Waals surface area contributed by atoms with Gasteiger partial charge >= 0.3 is 0 Å². The van der Waals surface area contributed by atoms with Crippen LogP contribution in [0.25, 0.3) is 0 Å². The van der Waals surface area contributed by atoms with Gasteiger partial charge in [0.2, 0.25) is 0 Å². The number of phenolic OH excluding ortho intramolecular Hbond substituents is 12. The standard InChI is InChI=1S/C28H38N2O8.3C28H36N2O6/c1-16(2)7-6-11-27(3,37)22(34)10-12-28(4,38)23(35)15-30-19-13-17(31)14-21(33)25(19)29-24-18(26(30)36)8-5-9-20(24)32;1-17(2)8-5-9-18(3)10-7-13-28(4,36)24(34)16-30-21-14-19(31)15-23(33)26(21)29-25-20(27(30)35)11-6-12-22(25)32;1-17(2)7-6-13-28(4,36)24(34)11-10-18(3)12-14-30-21-15-19(31)16-23(33)26(21)29-25-20(27(30)35)8-5-9-22(25)32;1-17(11-12-24(34)28(3,4)36)7-5-8-18(2)13-14-30-21-15-19(31)16-23(33)26(21)29-25-20(27(30)35)9-6-10-22(25)32/h5,7-9,13-14,22-23,29,31-35,37-38H,6,10-12,15H2,1-4H3;6,8,10-12,14-15,24,29,31-34,36H,5,7,9,13,16H2,1-4H3;5,7-9,12,15-16,24,29,31-34,36H,6,10-11,13-14H2,1-4H3;6-7,9-10,13,15-16,24,29,31-34,36H,5,8,11-12,14H2,1-4H3/b;18-10+;18-12+;17-7+,18-13+. The van der Waals surface area contributed by atoms with E-state index in [-0.39, 0.29) is 193 Å². The van der Waals surface area contributed by atoms with E-state index in [1.807, 2.05) is 85.8 Å². The number of carbonyl (C=O) groups is 4. The lowest BCUT2D eigenvalue weighted by atomic mass is 9.85. The van der Waals surface area contributed by atoms with E-state index in [4.69, 9.17) is 0 Å². The molecular weight excluding hydrogens is 1870 g/mol. The minimum Gasteiger partial charge on any atom is -0.508 e. The van der Waals surface area contributed by atoms with Crippen molar-refractivity contribution in [3.63, 3.8) is 0 Å². The molecule has 4 heterocycles. The van der Waals surface area contributed by atoms with E-state index < -0.39 is 88.5 Å². The molecule has 8 aromatic rings. The summed E-state index contributed by atoms with van der Waals surface area (Å²) in [5.74, 6) is -4.95. The van der Waals surface area contributed by atoms with Crippen molar-refractivity contribution in [1.82, 2.24) is 0 Å². The molecule has 8 aromatic carbocycles. The van der Waals surface area contributed by atoms with E-state index in [0.717, 1.165) is 71.1 Å². The Labute approximate surface area is 852 Å². The molecule has 12 rings (SSSR count). The summed E-state index contributed by atoms with van der Waals surface area (Å²) in [5, 5.41) is 242. The SMILES string of the molecule is C/C(=C\CN1C(=O)c2cccc(O)c2Nc2c(O)cc(O)cc21)CC/C=C(\C)CCC(O)C(C)(C)O.CC(C)=CCC/C(C)=C/CCC(C)(O)C(O)CN1C(=O)c2cccc(O)c2Nc2c(O)cc(O)cc21.CC(C)=CCCC(C)(O)C(O)CC/C(C)=C/CN1C(=O)c2cccc(O)c2Nc2c(O)cc(O)cc21.CC(C)=CCCC(C)(O)C(O)CCC(C)(O)C(O)CN1C(=O)c2cccc(O)c2Nc2c(O)cc(O)cc21. The molecule has 0 saturated heterocycles. The van der Waals surface area contributed by atoms with Crippen molar-refractivity contribution >= 4 is 91.9 Å². The molecule has 0 saturated carbocycles. The molecule has 0 bridgehead atoms. The number of nitrogens with zero attached hydrogens (tertiary/aromatic N) is 4. The number of aliphatic hydroxyl groups is 10. The van der Waals surface area contributed by atoms with Crippen molar-refractivity contribution in [2.75, 3.05) is 67.0 Å². The Bertz CT molecular complexity index is 6230. The summed E-state index contributed by atoms with van der Waals surface area (Å²) >= 11 is 0. The second kappa shape index (κ2) is 49.9. The van der Waals surface area contributed by atoms with E-state index in [1.54, 1.807) is 45.0 Å². The van der Waals surface area contributed by atoms with Gasteiger partial charge in [-0.25, -0.2) is 0 Å². The first-order chi connectivity index (χ1) is 68.3. The lowest BCUT2D eigenvalue weighted by molar-refractivity contribution is -0.0980. The van der Waals surface area contributed by atoms with Gasteiger partial charge in [0.05, 0.1) is 127 Å². The van der Waals surface area contributed by atoms with Gasteiger partial charge in [0.15, 0.2) is 0 Å². The number of aliphatic hydroxyl groups excluding tert-OH is 5. The summed E-state index contributed by atoms with van der Waals surface area (Å²) in [6.07, 6.45) is 16.6. The van der Waals surface area contributed by atoms with Crippen LogP contribution in [-0.4, -0.2) is 221 Å². The van der Waals surface area contributed by atoms with Crippen LogP contribution in [0.15, 0.2) is 203 Å². The Hall–Kier alpha value is -13.8. The average Bonchev–Trinajstić information content (AvgIpc) is 1.63. The van der Waals surface area contributed by atoms with Crippen molar-refractivity contribution in [2.45, 2.75) is 272 Å². The molecule has 0 fully saturated rings. The zero-order valence-corrected chi connectivity index (χ0v) is 85.9. The number of hydrogen-bond donors (Lipinski definition) is 26. The zero-order valence-electron chi connectivity index (χ0n) is 85.9. The minimum atomic E-state index is -1.78. The molecule has 34 heteroatoms. The van der Waals surface area contributed by atoms with Gasteiger partial charge in [-0.1, -0.05) is 106 Å². The van der Waals surface area contributed by atoms with Gasteiger partial charge in [-0.3, -0.25) is 19.2 Å². The maximum atomic E-state index is 13.5. The number of fused-ring (bicyclic) bond motifs is 8. The van der Waals surface area contributed by atoms with Gasteiger partial charge in [0, 0.05) is 61.6 Å². The van der Waals surface area contributed by atoms with Gasteiger partial charge in [-0.05, 0) is 262 Å². The highest BCUT2D eigenvalue weighted by Gasteiger charge is 2.43. The molecule has 4 amide bonds. The summed E-state index contributed by atoms with van der Waals surface area (Å²) in [7, 11) is 0. The van der Waals surface area contributed by atoms with Crippen molar-refractivity contribution in [3.05, 3.63) is 225 Å². The molecule has 0 aromatic heterocycles. The fourth-order valence-electron chi connectivity index (χ4n) is 16.9. The lowest BCUT2D eigenvalue weighted by Gasteiger charge is -2.36. The summed E-state index contributed by atoms with van der Waals surface area (Å²) < 4.78 is 0. The fourth-order valence-corrected chi connectivity index (χ4v) is 16.9. The monoisotopic (exact) mass is 2020 g/mol. The largest absolute Gasteiger partial charge is 0.508 e. The molecule has 0 radical (unpaired) electrons. The third-order valence-electron chi connectivity index (χ3n) is 26.4. The van der Waals surface area contributed by atoms with E-state index in [1.165, 1.54) is 131 Å². The highest BCUT2D eigenvalue weighted by atomic mass is 16.4. The first-order valence-corrected chi connectivity index (χ1v) is 48.7. The van der Waals surface area contributed by atoms with Gasteiger partial charge in [0.1, 0.15) is 104 Å². The molecule has 34 nitrogen and oxygen atoms in total. The van der Waals surface area contributed by atoms with E-state index in [2.05, 4.69) is 47.3 Å². The quantitative estimate of drug-likeness (QED) is 0.00977. The first-order valence-electron chi connectivity index (χ1n) is 48.7. The zero-order chi connectivity index (χ0) is 108. The van der Waals surface area contributed by atoms with Crippen LogP contribution in [-0.2, 0) is 0 Å². The molecule has 0 aliphatic carbocycles. The molecule has 9 atom stereocenters. The topological polar surface area (TPSA) is 574 Å². The first kappa shape index (κ1) is 116. The number of carbonyl (C=O) groups excluding carboxylic acids is 4. The number of rotatable bonds is 37. The second-order valence-electron chi connectivity index (χ2n) is 40.4. The fraction of sp³-hybridized carbons (Fsp3) is 0.411. The number of benzene rings is 8. The smallest absolute Gasteiger partial charge is 0.260 e. The number of para-hydroxylation sites is 4. The van der Waals surface area contributed by atoms with Crippen LogP contribution < -0.4 is 40.9 Å². The summed E-state index contributed by atoms with van der Waals surface area (Å²) in [4.78, 5) is 59.0. The van der Waals surface area contributed by atoms with E-state index in [9.17, 15) is 132 Å². The lowest BCUT2D eigenvalue weighted by Crippen LogP contribution is -2.49. The number of amides is 4. The summed E-state index contributed by atoms with van der Waals surface area (Å²) in [5.41, 5.74) is 3.18. The van der Waals surface area contributed by atoms with Gasteiger partial charge < -0.3 is 153 Å². The average molecular weight is 2020 g/mol. The van der Waals surface area contributed by atoms with Crippen LogP contribution in [0.1, 0.15) is 255 Å². The Kier molecular flexibility index (Phi) is 39.6. The summed E-state index contributed by atoms with van der Waals surface area (Å²) in [6, 6.07) is 27.7. The molecule has 4 aliphatic rings. The predicted octanol–water partition coefficient (Wildman–Crippen LogP) is 18.5. The number of aromatic hydroxyl groups is 12. The molecule has 146 heavy (non-hydrogen) atoms. The van der Waals surface area contributed by atoms with Gasteiger partial charge in [-0.15, -0.1) is 0 Å². The number of anilines is 12. The Morgan fingerprint density at radius 3 is 0.849 bits per heavy atom. The van der Waals surface area contributed by atoms with Crippen LogP contribution in [0.2, 0.25) is 0 Å². The van der Waals surface area contributed by atoms with Gasteiger partial charge in [-0.2, -0.15) is 0 Å². The third kappa shape index (κ3) is 30.5. The van der Waals surface area contributed by atoms with Crippen LogP contribution in [0.5, 0.6) is 69.0 Å². The number of β-amino-alcohol motifs (C(OH)–C–C–N with tert-alkyl or cyclic N) is 2. The highest BCUT2D eigenvalue weighted by molar-refractivity contribution is 6.18. The van der Waals surface area contributed by atoms with Gasteiger partial charge in [0.25, 0.3) is 23.6 Å². The molecule has 790 valence electrons. The molecule has 0 spiro atoms.